The Morgan fingerprint density at radius 3 is 2.15 bits per heavy atom. The Labute approximate surface area is 153 Å². The highest BCUT2D eigenvalue weighted by molar-refractivity contribution is 6.07. The normalized spacial score (nSPS) is 12.6. The van der Waals surface area contributed by atoms with Gasteiger partial charge in [0, 0.05) is 34.0 Å². The first-order valence-corrected chi connectivity index (χ1v) is 9.08. The quantitative estimate of drug-likeness (QED) is 0.541. The summed E-state index contributed by atoms with van der Waals surface area (Å²) in [6.07, 6.45) is -0.478. The number of aryl methyl sites for hydroxylation is 2. The number of anilines is 1. The van der Waals surface area contributed by atoms with Crippen molar-refractivity contribution in [1.29, 1.82) is 0 Å². The summed E-state index contributed by atoms with van der Waals surface area (Å²) in [4.78, 5) is 0. The molecule has 4 rings (SSSR count). The van der Waals surface area contributed by atoms with Gasteiger partial charge in [-0.2, -0.15) is 0 Å². The molecular weight excluding hydrogens is 320 g/mol. The maximum absolute atomic E-state index is 10.7. The molecule has 1 aromatic heterocycles. The van der Waals surface area contributed by atoms with Gasteiger partial charge in [-0.15, -0.1) is 0 Å². The van der Waals surface area contributed by atoms with Crippen LogP contribution in [0.4, 0.5) is 5.69 Å². The van der Waals surface area contributed by atoms with Gasteiger partial charge < -0.3 is 15.0 Å². The second-order valence-corrected chi connectivity index (χ2v) is 7.00. The monoisotopic (exact) mass is 344 g/mol. The molecule has 0 saturated heterocycles. The lowest BCUT2D eigenvalue weighted by molar-refractivity contribution is 0.169. The SMILES string of the molecule is Cc1ccc(C)c(NCC(O)Cn2c3ccccc3c3ccccc32)c1. The summed E-state index contributed by atoms with van der Waals surface area (Å²) in [5, 5.41) is 16.5. The van der Waals surface area contributed by atoms with Gasteiger partial charge >= 0.3 is 0 Å². The first kappa shape index (κ1) is 16.7. The van der Waals surface area contributed by atoms with E-state index in [0.717, 1.165) is 5.69 Å². The van der Waals surface area contributed by atoms with Crippen LogP contribution in [-0.4, -0.2) is 22.3 Å². The number of hydrogen-bond donors (Lipinski definition) is 2. The van der Waals surface area contributed by atoms with Gasteiger partial charge in [0.2, 0.25) is 0 Å². The molecule has 26 heavy (non-hydrogen) atoms. The summed E-state index contributed by atoms with van der Waals surface area (Å²) in [6.45, 7) is 5.25. The Bertz CT molecular complexity index is 1010. The van der Waals surface area contributed by atoms with Crippen LogP contribution in [0.5, 0.6) is 0 Å². The average molecular weight is 344 g/mol. The molecule has 132 valence electrons. The van der Waals surface area contributed by atoms with Gasteiger partial charge in [0.25, 0.3) is 0 Å². The first-order valence-electron chi connectivity index (χ1n) is 9.08. The Kier molecular flexibility index (Phi) is 4.39. The molecule has 1 atom stereocenters. The Balaban J connectivity index is 1.59. The molecule has 0 aliphatic carbocycles. The van der Waals surface area contributed by atoms with Gasteiger partial charge in [-0.3, -0.25) is 0 Å². The minimum absolute atomic E-state index is 0.478. The van der Waals surface area contributed by atoms with Gasteiger partial charge in [0.1, 0.15) is 0 Å². The fraction of sp³-hybridized carbons (Fsp3) is 0.217. The number of nitrogens with one attached hydrogen (secondary N) is 1. The highest BCUT2D eigenvalue weighted by Gasteiger charge is 2.13. The predicted octanol–water partition coefficient (Wildman–Crippen LogP) is 4.88. The Hall–Kier alpha value is -2.78. The van der Waals surface area contributed by atoms with E-state index in [1.165, 1.54) is 32.9 Å². The first-order chi connectivity index (χ1) is 12.6. The fourth-order valence-corrected chi connectivity index (χ4v) is 3.63. The van der Waals surface area contributed by atoms with Crippen LogP contribution < -0.4 is 5.32 Å². The minimum Gasteiger partial charge on any atom is -0.389 e. The van der Waals surface area contributed by atoms with Crippen molar-refractivity contribution in [1.82, 2.24) is 4.57 Å². The van der Waals surface area contributed by atoms with Crippen LogP contribution >= 0.6 is 0 Å². The van der Waals surface area contributed by atoms with Crippen molar-refractivity contribution in [2.45, 2.75) is 26.5 Å². The Morgan fingerprint density at radius 1 is 0.885 bits per heavy atom. The number of aliphatic hydroxyl groups is 1. The van der Waals surface area contributed by atoms with Crippen molar-refractivity contribution in [3.63, 3.8) is 0 Å². The second-order valence-electron chi connectivity index (χ2n) is 7.00. The summed E-state index contributed by atoms with van der Waals surface area (Å²) in [7, 11) is 0. The summed E-state index contributed by atoms with van der Waals surface area (Å²) in [6, 6.07) is 23.1. The van der Waals surface area contributed by atoms with Crippen molar-refractivity contribution in [2.24, 2.45) is 0 Å². The van der Waals surface area contributed by atoms with Crippen molar-refractivity contribution >= 4 is 27.5 Å². The van der Waals surface area contributed by atoms with Crippen LogP contribution in [0.15, 0.2) is 66.7 Å². The number of aliphatic hydroxyl groups excluding tert-OH is 1. The lowest BCUT2D eigenvalue weighted by atomic mass is 10.1. The lowest BCUT2D eigenvalue weighted by Gasteiger charge is -2.17. The Morgan fingerprint density at radius 2 is 1.50 bits per heavy atom. The van der Waals surface area contributed by atoms with E-state index in [-0.39, 0.29) is 0 Å². The second kappa shape index (κ2) is 6.85. The summed E-state index contributed by atoms with van der Waals surface area (Å²) >= 11 is 0. The van der Waals surface area contributed by atoms with Crippen molar-refractivity contribution in [3.8, 4) is 0 Å². The van der Waals surface area contributed by atoms with E-state index in [9.17, 15) is 5.11 Å². The standard InChI is InChI=1S/C23H24N2O/c1-16-11-12-17(2)21(13-16)24-14-18(26)15-25-22-9-5-3-7-19(22)20-8-4-6-10-23(20)25/h3-13,18,24,26H,14-15H2,1-2H3. The third kappa shape index (κ3) is 3.06. The zero-order chi connectivity index (χ0) is 18.1. The zero-order valence-corrected chi connectivity index (χ0v) is 15.2. The maximum Gasteiger partial charge on any atom is 0.0891 e. The third-order valence-corrected chi connectivity index (χ3v) is 4.99. The molecule has 0 amide bonds. The molecule has 0 aliphatic rings. The summed E-state index contributed by atoms with van der Waals surface area (Å²) in [5.74, 6) is 0. The molecule has 4 aromatic rings. The molecule has 0 fully saturated rings. The molecule has 1 heterocycles. The van der Waals surface area contributed by atoms with E-state index < -0.39 is 6.10 Å². The van der Waals surface area contributed by atoms with Crippen LogP contribution in [0.2, 0.25) is 0 Å². The largest absolute Gasteiger partial charge is 0.389 e. The van der Waals surface area contributed by atoms with Crippen LogP contribution in [0, 0.1) is 13.8 Å². The number of rotatable bonds is 5. The minimum atomic E-state index is -0.478. The lowest BCUT2D eigenvalue weighted by Crippen LogP contribution is -2.25. The van der Waals surface area contributed by atoms with E-state index in [1.807, 2.05) is 0 Å². The highest BCUT2D eigenvalue weighted by Crippen LogP contribution is 2.29. The van der Waals surface area contributed by atoms with Gasteiger partial charge in [-0.05, 0) is 43.2 Å². The molecule has 1 unspecified atom stereocenters. The predicted molar refractivity (Wildman–Crippen MR) is 110 cm³/mol. The molecule has 2 N–H and O–H groups in total. The van der Waals surface area contributed by atoms with E-state index in [2.05, 4.69) is 90.5 Å². The van der Waals surface area contributed by atoms with Crippen molar-refractivity contribution in [3.05, 3.63) is 77.9 Å². The van der Waals surface area contributed by atoms with E-state index in [4.69, 9.17) is 0 Å². The molecule has 0 bridgehead atoms. The summed E-state index contributed by atoms with van der Waals surface area (Å²) in [5.41, 5.74) is 5.83. The van der Waals surface area contributed by atoms with Crippen molar-refractivity contribution in [2.75, 3.05) is 11.9 Å². The molecule has 0 aliphatic heterocycles. The zero-order valence-electron chi connectivity index (χ0n) is 15.2. The molecule has 3 nitrogen and oxygen atoms in total. The van der Waals surface area contributed by atoms with Gasteiger partial charge in [-0.1, -0.05) is 48.5 Å². The molecule has 0 saturated carbocycles. The van der Waals surface area contributed by atoms with E-state index in [1.54, 1.807) is 0 Å². The van der Waals surface area contributed by atoms with Crippen LogP contribution in [0.25, 0.3) is 21.8 Å². The van der Waals surface area contributed by atoms with Crippen LogP contribution in [-0.2, 0) is 6.54 Å². The molecule has 3 aromatic carbocycles. The average Bonchev–Trinajstić information content (AvgIpc) is 2.97. The van der Waals surface area contributed by atoms with Crippen molar-refractivity contribution < 1.29 is 5.11 Å². The molecular formula is C23H24N2O. The van der Waals surface area contributed by atoms with Gasteiger partial charge in [-0.25, -0.2) is 0 Å². The topological polar surface area (TPSA) is 37.2 Å². The van der Waals surface area contributed by atoms with E-state index in [0.29, 0.717) is 13.1 Å². The number of fused-ring (bicyclic) bond motifs is 3. The summed E-state index contributed by atoms with van der Waals surface area (Å²) < 4.78 is 2.22. The van der Waals surface area contributed by atoms with Crippen LogP contribution in [0.3, 0.4) is 0 Å². The van der Waals surface area contributed by atoms with Crippen LogP contribution in [0.1, 0.15) is 11.1 Å². The fourth-order valence-electron chi connectivity index (χ4n) is 3.63. The number of nitrogens with zero attached hydrogens (tertiary/aromatic N) is 1. The molecule has 3 heteroatoms. The van der Waals surface area contributed by atoms with Gasteiger partial charge in [0.15, 0.2) is 0 Å². The number of para-hydroxylation sites is 2. The number of benzene rings is 3. The highest BCUT2D eigenvalue weighted by atomic mass is 16.3. The maximum atomic E-state index is 10.7. The molecule has 0 spiro atoms. The number of hydrogen-bond acceptors (Lipinski definition) is 2. The number of aromatic nitrogens is 1. The van der Waals surface area contributed by atoms with E-state index >= 15 is 0 Å². The third-order valence-electron chi connectivity index (χ3n) is 4.99. The molecule has 0 radical (unpaired) electrons. The smallest absolute Gasteiger partial charge is 0.0891 e. The van der Waals surface area contributed by atoms with Gasteiger partial charge in [0.05, 0.1) is 12.6 Å².